The fourth-order valence-corrected chi connectivity index (χ4v) is 5.91. The van der Waals surface area contributed by atoms with Crippen LogP contribution in [0.1, 0.15) is 45.0 Å². The molecule has 2 atom stereocenters. The summed E-state index contributed by atoms with van der Waals surface area (Å²) in [5.41, 5.74) is 0. The minimum absolute atomic E-state index is 0.0666. The number of anilines is 1. The van der Waals surface area contributed by atoms with Gasteiger partial charge >= 0.3 is 0 Å². The van der Waals surface area contributed by atoms with E-state index < -0.39 is 10.0 Å². The van der Waals surface area contributed by atoms with Gasteiger partial charge in [0.05, 0.1) is 12.2 Å². The highest BCUT2D eigenvalue weighted by Crippen LogP contribution is 2.34. The van der Waals surface area contributed by atoms with Gasteiger partial charge in [-0.15, -0.1) is 0 Å². The lowest BCUT2D eigenvalue weighted by Crippen LogP contribution is -2.50. The first-order chi connectivity index (χ1) is 13.7. The highest BCUT2D eigenvalue weighted by atomic mass is 32.2. The standard InChI is InChI=1S/C19H28N6O3S/c1-13-11-14(2)25-18(5-8-20-25)24(13)19(26)16-6-9-23(10-7-16)29(27,28)17-12-22(4)15(3)21-17/h5,8,12-14,16H,6-7,9-11H2,1-4H3. The van der Waals surface area contributed by atoms with E-state index in [9.17, 15) is 13.2 Å². The number of aryl methyl sites for hydroxylation is 2. The van der Waals surface area contributed by atoms with Crippen LogP contribution in [-0.4, -0.2) is 57.1 Å². The Morgan fingerprint density at radius 1 is 1.17 bits per heavy atom. The number of nitrogens with zero attached hydrogens (tertiary/aromatic N) is 6. The molecule has 1 saturated heterocycles. The van der Waals surface area contributed by atoms with Crippen molar-refractivity contribution >= 4 is 21.7 Å². The smallest absolute Gasteiger partial charge is 0.262 e. The minimum Gasteiger partial charge on any atom is -0.337 e. The maximum Gasteiger partial charge on any atom is 0.262 e. The quantitative estimate of drug-likeness (QED) is 0.754. The van der Waals surface area contributed by atoms with Gasteiger partial charge in [-0.1, -0.05) is 0 Å². The van der Waals surface area contributed by atoms with Crippen LogP contribution in [-0.2, 0) is 21.9 Å². The van der Waals surface area contributed by atoms with E-state index in [1.165, 1.54) is 4.31 Å². The van der Waals surface area contributed by atoms with E-state index in [4.69, 9.17) is 0 Å². The number of fused-ring (bicyclic) bond motifs is 1. The maximum absolute atomic E-state index is 13.3. The zero-order valence-electron chi connectivity index (χ0n) is 17.3. The SMILES string of the molecule is Cc1nc(S(=O)(=O)N2CCC(C(=O)N3c4ccnn4C(C)CC3C)CC2)cn1C. The minimum atomic E-state index is -3.63. The summed E-state index contributed by atoms with van der Waals surface area (Å²) in [6, 6.07) is 2.24. The first kappa shape index (κ1) is 20.1. The van der Waals surface area contributed by atoms with Gasteiger partial charge in [0, 0.05) is 44.4 Å². The Balaban J connectivity index is 1.47. The monoisotopic (exact) mass is 420 g/mol. The Morgan fingerprint density at radius 2 is 1.86 bits per heavy atom. The molecule has 1 amide bonds. The molecule has 0 aliphatic carbocycles. The average molecular weight is 421 g/mol. The molecule has 0 saturated carbocycles. The van der Waals surface area contributed by atoms with Crippen LogP contribution < -0.4 is 4.90 Å². The van der Waals surface area contributed by atoms with Gasteiger partial charge in [-0.3, -0.25) is 9.69 Å². The molecule has 0 radical (unpaired) electrons. The van der Waals surface area contributed by atoms with Gasteiger partial charge in [-0.05, 0) is 40.0 Å². The second kappa shape index (κ2) is 7.24. The summed E-state index contributed by atoms with van der Waals surface area (Å²) >= 11 is 0. The van der Waals surface area contributed by atoms with Crippen molar-refractivity contribution in [2.75, 3.05) is 18.0 Å². The van der Waals surface area contributed by atoms with E-state index >= 15 is 0 Å². The van der Waals surface area contributed by atoms with Crippen LogP contribution >= 0.6 is 0 Å². The Morgan fingerprint density at radius 3 is 2.48 bits per heavy atom. The molecule has 158 valence electrons. The Bertz CT molecular complexity index is 999. The van der Waals surface area contributed by atoms with E-state index in [0.717, 1.165) is 12.2 Å². The third-order valence-corrected chi connectivity index (χ3v) is 7.94. The van der Waals surface area contributed by atoms with Crippen LogP contribution in [0.3, 0.4) is 0 Å². The lowest BCUT2D eigenvalue weighted by atomic mass is 9.94. The van der Waals surface area contributed by atoms with Crippen molar-refractivity contribution < 1.29 is 13.2 Å². The van der Waals surface area contributed by atoms with Crippen molar-refractivity contribution in [1.82, 2.24) is 23.6 Å². The fourth-order valence-electron chi connectivity index (χ4n) is 4.42. The molecule has 10 heteroatoms. The Labute approximate surface area is 171 Å². The first-order valence-corrected chi connectivity index (χ1v) is 11.5. The number of piperidine rings is 1. The lowest BCUT2D eigenvalue weighted by molar-refractivity contribution is -0.124. The highest BCUT2D eigenvalue weighted by Gasteiger charge is 2.39. The van der Waals surface area contributed by atoms with Crippen molar-refractivity contribution in [3.05, 3.63) is 24.3 Å². The number of sulfonamides is 1. The van der Waals surface area contributed by atoms with Gasteiger partial charge in [0.15, 0.2) is 5.03 Å². The predicted molar refractivity (Wildman–Crippen MR) is 108 cm³/mol. The zero-order chi connectivity index (χ0) is 20.9. The van der Waals surface area contributed by atoms with Gasteiger partial charge in [0.25, 0.3) is 10.0 Å². The molecule has 2 aromatic heterocycles. The first-order valence-electron chi connectivity index (χ1n) is 10.1. The molecular formula is C19H28N6O3S. The molecule has 2 unspecified atom stereocenters. The second-order valence-corrected chi connectivity index (χ2v) is 10.1. The summed E-state index contributed by atoms with van der Waals surface area (Å²) < 4.78 is 30.8. The summed E-state index contributed by atoms with van der Waals surface area (Å²) in [6.45, 7) is 6.60. The van der Waals surface area contributed by atoms with Crippen LogP contribution in [0.25, 0.3) is 0 Å². The summed E-state index contributed by atoms with van der Waals surface area (Å²) in [7, 11) is -1.86. The maximum atomic E-state index is 13.3. The van der Waals surface area contributed by atoms with Gasteiger partial charge in [0.2, 0.25) is 5.91 Å². The number of imidazole rings is 1. The number of aromatic nitrogens is 4. The third kappa shape index (κ3) is 3.38. The molecule has 0 spiro atoms. The number of carbonyl (C=O) groups is 1. The molecule has 29 heavy (non-hydrogen) atoms. The van der Waals surface area contributed by atoms with Crippen molar-refractivity contribution in [2.45, 2.75) is 57.1 Å². The fraction of sp³-hybridized carbons (Fsp3) is 0.632. The molecule has 0 bridgehead atoms. The van der Waals surface area contributed by atoms with Crippen molar-refractivity contribution in [3.63, 3.8) is 0 Å². The predicted octanol–water partition coefficient (Wildman–Crippen LogP) is 1.71. The van der Waals surface area contributed by atoms with E-state index in [2.05, 4.69) is 23.9 Å². The lowest BCUT2D eigenvalue weighted by Gasteiger charge is -2.40. The molecule has 4 rings (SSSR count). The van der Waals surface area contributed by atoms with Crippen molar-refractivity contribution in [1.29, 1.82) is 0 Å². The molecule has 4 heterocycles. The van der Waals surface area contributed by atoms with Gasteiger partial charge in [-0.25, -0.2) is 18.1 Å². The summed E-state index contributed by atoms with van der Waals surface area (Å²) in [5, 5.41) is 4.44. The van der Waals surface area contributed by atoms with Crippen molar-refractivity contribution in [2.24, 2.45) is 13.0 Å². The number of amides is 1. The Kier molecular flexibility index (Phi) is 5.02. The zero-order valence-corrected chi connectivity index (χ0v) is 18.1. The van der Waals surface area contributed by atoms with Gasteiger partial charge in [0.1, 0.15) is 11.6 Å². The van der Waals surface area contributed by atoms with Crippen LogP contribution in [0, 0.1) is 12.8 Å². The number of hydrogen-bond acceptors (Lipinski definition) is 5. The molecule has 1 fully saturated rings. The molecule has 2 aliphatic heterocycles. The van der Waals surface area contributed by atoms with Gasteiger partial charge in [-0.2, -0.15) is 9.40 Å². The summed E-state index contributed by atoms with van der Waals surface area (Å²) in [6.07, 6.45) is 5.15. The third-order valence-electron chi connectivity index (χ3n) is 6.17. The summed E-state index contributed by atoms with van der Waals surface area (Å²) in [5.74, 6) is 1.36. The van der Waals surface area contributed by atoms with E-state index in [-0.39, 0.29) is 28.9 Å². The number of hydrogen-bond donors (Lipinski definition) is 0. The number of carbonyl (C=O) groups excluding carboxylic acids is 1. The molecule has 2 aliphatic rings. The van der Waals surface area contributed by atoms with E-state index in [0.29, 0.717) is 31.8 Å². The van der Waals surface area contributed by atoms with Crippen molar-refractivity contribution in [3.8, 4) is 0 Å². The van der Waals surface area contributed by atoms with Gasteiger partial charge < -0.3 is 4.57 Å². The Hall–Kier alpha value is -2.20. The average Bonchev–Trinajstić information content (AvgIpc) is 3.29. The molecule has 0 aromatic carbocycles. The van der Waals surface area contributed by atoms with Crippen LogP contribution in [0.5, 0.6) is 0 Å². The van der Waals surface area contributed by atoms with Crippen LogP contribution in [0.2, 0.25) is 0 Å². The molecule has 0 N–H and O–H groups in total. The second-order valence-electron chi connectivity index (χ2n) is 8.19. The normalized spacial score (nSPS) is 23.9. The van der Waals surface area contributed by atoms with E-state index in [1.807, 2.05) is 15.6 Å². The topological polar surface area (TPSA) is 93.3 Å². The number of rotatable bonds is 3. The largest absolute Gasteiger partial charge is 0.337 e. The van der Waals surface area contributed by atoms with E-state index in [1.54, 1.807) is 30.9 Å². The molecular weight excluding hydrogens is 392 g/mol. The molecule has 2 aromatic rings. The van der Waals surface area contributed by atoms with Crippen LogP contribution in [0.4, 0.5) is 5.82 Å². The van der Waals surface area contributed by atoms with Crippen LogP contribution in [0.15, 0.2) is 23.5 Å². The highest BCUT2D eigenvalue weighted by molar-refractivity contribution is 7.89. The molecule has 9 nitrogen and oxygen atoms in total. The summed E-state index contributed by atoms with van der Waals surface area (Å²) in [4.78, 5) is 19.3.